The molecule has 0 bridgehead atoms. The molecule has 1 aromatic rings. The van der Waals surface area contributed by atoms with Crippen molar-refractivity contribution in [2.24, 2.45) is 5.92 Å². The van der Waals surface area contributed by atoms with E-state index in [1.54, 1.807) is 11.8 Å². The lowest BCUT2D eigenvalue weighted by Crippen LogP contribution is -2.55. The Kier molecular flexibility index (Phi) is 5.01. The average Bonchev–Trinajstić information content (AvgIpc) is 2.85. The SMILES string of the molecule is Cc1noc(C)c1CSCC(=O)N1CC[C@@]2(O)CCCC[C@@H]2C1. The number of aryl methyl sites for hydroxylation is 2. The summed E-state index contributed by atoms with van der Waals surface area (Å²) in [6.45, 7) is 5.26. The van der Waals surface area contributed by atoms with E-state index < -0.39 is 5.60 Å². The van der Waals surface area contributed by atoms with E-state index in [0.29, 0.717) is 12.3 Å². The molecule has 1 aliphatic heterocycles. The number of aliphatic hydroxyl groups is 1. The van der Waals surface area contributed by atoms with E-state index >= 15 is 0 Å². The van der Waals surface area contributed by atoms with Crippen molar-refractivity contribution < 1.29 is 14.4 Å². The number of thioether (sulfide) groups is 1. The normalized spacial score (nSPS) is 27.8. The maximum atomic E-state index is 12.5. The van der Waals surface area contributed by atoms with Crippen LogP contribution in [0.3, 0.4) is 0 Å². The second kappa shape index (κ2) is 6.85. The zero-order valence-electron chi connectivity index (χ0n) is 14.0. The number of carbonyl (C=O) groups excluding carboxylic acids is 1. The minimum Gasteiger partial charge on any atom is -0.389 e. The van der Waals surface area contributed by atoms with E-state index in [1.807, 2.05) is 18.7 Å². The molecule has 6 heteroatoms. The molecule has 1 saturated carbocycles. The summed E-state index contributed by atoms with van der Waals surface area (Å²) >= 11 is 1.62. The predicted octanol–water partition coefficient (Wildman–Crippen LogP) is 2.68. The third-order valence-corrected chi connectivity index (χ3v) is 6.38. The molecule has 0 spiro atoms. The van der Waals surface area contributed by atoms with Crippen molar-refractivity contribution in [2.75, 3.05) is 18.8 Å². The summed E-state index contributed by atoms with van der Waals surface area (Å²) in [5, 5.41) is 14.6. The van der Waals surface area contributed by atoms with Gasteiger partial charge in [-0.05, 0) is 33.1 Å². The Morgan fingerprint density at radius 3 is 3.00 bits per heavy atom. The summed E-state index contributed by atoms with van der Waals surface area (Å²) in [6.07, 6.45) is 4.98. The lowest BCUT2D eigenvalue weighted by atomic mass is 9.71. The fourth-order valence-electron chi connectivity index (χ4n) is 3.84. The topological polar surface area (TPSA) is 66.6 Å². The van der Waals surface area contributed by atoms with Gasteiger partial charge in [-0.25, -0.2) is 0 Å². The first-order valence-corrected chi connectivity index (χ1v) is 9.65. The molecule has 0 radical (unpaired) electrons. The summed E-state index contributed by atoms with van der Waals surface area (Å²) in [6, 6.07) is 0. The van der Waals surface area contributed by atoms with Crippen molar-refractivity contribution in [1.29, 1.82) is 0 Å². The van der Waals surface area contributed by atoms with Gasteiger partial charge in [-0.15, -0.1) is 11.8 Å². The van der Waals surface area contributed by atoms with E-state index in [1.165, 1.54) is 6.42 Å². The third kappa shape index (κ3) is 3.58. The molecular formula is C17H26N2O3S. The average molecular weight is 338 g/mol. The molecule has 3 rings (SSSR count). The number of hydrogen-bond donors (Lipinski definition) is 1. The highest BCUT2D eigenvalue weighted by Gasteiger charge is 2.43. The van der Waals surface area contributed by atoms with E-state index in [2.05, 4.69) is 5.16 Å². The highest BCUT2D eigenvalue weighted by molar-refractivity contribution is 7.99. The fourth-order valence-corrected chi connectivity index (χ4v) is 4.91. The number of hydrogen-bond acceptors (Lipinski definition) is 5. The molecule has 1 N–H and O–H groups in total. The Morgan fingerprint density at radius 1 is 1.43 bits per heavy atom. The van der Waals surface area contributed by atoms with Crippen LogP contribution in [0.25, 0.3) is 0 Å². The quantitative estimate of drug-likeness (QED) is 0.914. The molecule has 5 nitrogen and oxygen atoms in total. The van der Waals surface area contributed by atoms with Gasteiger partial charge in [-0.3, -0.25) is 4.79 Å². The highest BCUT2D eigenvalue weighted by atomic mass is 32.2. The molecule has 0 unspecified atom stereocenters. The van der Waals surface area contributed by atoms with Crippen LogP contribution in [0, 0.1) is 19.8 Å². The van der Waals surface area contributed by atoms with E-state index in [-0.39, 0.29) is 11.8 Å². The molecule has 1 saturated heterocycles. The first kappa shape index (κ1) is 16.8. The zero-order valence-corrected chi connectivity index (χ0v) is 14.8. The number of piperidine rings is 1. The van der Waals surface area contributed by atoms with Crippen LogP contribution < -0.4 is 0 Å². The van der Waals surface area contributed by atoms with Crippen LogP contribution in [0.5, 0.6) is 0 Å². The largest absolute Gasteiger partial charge is 0.389 e. The van der Waals surface area contributed by atoms with Gasteiger partial charge >= 0.3 is 0 Å². The van der Waals surface area contributed by atoms with Crippen LogP contribution in [-0.4, -0.2) is 45.5 Å². The smallest absolute Gasteiger partial charge is 0.232 e. The van der Waals surface area contributed by atoms with Crippen LogP contribution in [0.15, 0.2) is 4.52 Å². The summed E-state index contributed by atoms with van der Waals surface area (Å²) in [5.74, 6) is 2.53. The molecule has 0 aromatic carbocycles. The Balaban J connectivity index is 1.49. The van der Waals surface area contributed by atoms with Gasteiger partial charge < -0.3 is 14.5 Å². The van der Waals surface area contributed by atoms with Gasteiger partial charge in [0.2, 0.25) is 5.91 Å². The maximum Gasteiger partial charge on any atom is 0.232 e. The lowest BCUT2D eigenvalue weighted by molar-refractivity contribution is -0.140. The van der Waals surface area contributed by atoms with Gasteiger partial charge in [0, 0.05) is 30.3 Å². The van der Waals surface area contributed by atoms with Gasteiger partial charge in [0.25, 0.3) is 0 Å². The standard InChI is InChI=1S/C17H26N2O3S/c1-12-15(13(2)22-18-12)10-23-11-16(20)19-8-7-17(21)6-4-3-5-14(17)9-19/h14,21H,3-11H2,1-2H3/t14-,17+/m1/s1. The van der Waals surface area contributed by atoms with Crippen molar-refractivity contribution >= 4 is 17.7 Å². The molecule has 2 fully saturated rings. The number of fused-ring (bicyclic) bond motifs is 1. The van der Waals surface area contributed by atoms with Crippen LogP contribution in [0.1, 0.15) is 49.1 Å². The van der Waals surface area contributed by atoms with Gasteiger partial charge in [0.1, 0.15) is 5.76 Å². The molecule has 23 heavy (non-hydrogen) atoms. The van der Waals surface area contributed by atoms with Gasteiger partial charge in [-0.2, -0.15) is 0 Å². The summed E-state index contributed by atoms with van der Waals surface area (Å²) in [5.41, 5.74) is 1.49. The van der Waals surface area contributed by atoms with Crippen molar-refractivity contribution in [3.63, 3.8) is 0 Å². The fraction of sp³-hybridized carbons (Fsp3) is 0.765. The molecular weight excluding hydrogens is 312 g/mol. The number of likely N-dealkylation sites (tertiary alicyclic amines) is 1. The molecule has 1 aromatic heterocycles. The minimum atomic E-state index is -0.515. The highest BCUT2D eigenvalue weighted by Crippen LogP contribution is 2.39. The number of carbonyl (C=O) groups is 1. The number of rotatable bonds is 4. The molecule has 1 amide bonds. The molecule has 2 atom stereocenters. The Morgan fingerprint density at radius 2 is 2.26 bits per heavy atom. The molecule has 1 aliphatic carbocycles. The Hall–Kier alpha value is -1.01. The Bertz CT molecular complexity index is 555. The van der Waals surface area contributed by atoms with Crippen molar-refractivity contribution in [3.8, 4) is 0 Å². The first-order valence-electron chi connectivity index (χ1n) is 8.49. The van der Waals surface area contributed by atoms with Crippen LogP contribution in [0.4, 0.5) is 0 Å². The minimum absolute atomic E-state index is 0.189. The van der Waals surface area contributed by atoms with E-state index in [0.717, 1.165) is 55.0 Å². The van der Waals surface area contributed by atoms with E-state index in [4.69, 9.17) is 4.52 Å². The monoisotopic (exact) mass is 338 g/mol. The van der Waals surface area contributed by atoms with Crippen molar-refractivity contribution in [3.05, 3.63) is 17.0 Å². The maximum absolute atomic E-state index is 12.5. The van der Waals surface area contributed by atoms with Gasteiger partial charge in [0.05, 0.1) is 17.0 Å². The second-order valence-electron chi connectivity index (χ2n) is 6.93. The molecule has 2 heterocycles. The zero-order chi connectivity index (χ0) is 16.4. The molecule has 128 valence electrons. The predicted molar refractivity (Wildman–Crippen MR) is 90.2 cm³/mol. The van der Waals surface area contributed by atoms with Gasteiger partial charge in [-0.1, -0.05) is 18.0 Å². The van der Waals surface area contributed by atoms with Gasteiger partial charge in [0.15, 0.2) is 0 Å². The summed E-state index contributed by atoms with van der Waals surface area (Å²) in [4.78, 5) is 14.4. The van der Waals surface area contributed by atoms with E-state index in [9.17, 15) is 9.90 Å². The summed E-state index contributed by atoms with van der Waals surface area (Å²) < 4.78 is 5.15. The summed E-state index contributed by atoms with van der Waals surface area (Å²) in [7, 11) is 0. The van der Waals surface area contributed by atoms with Crippen molar-refractivity contribution in [2.45, 2.75) is 57.3 Å². The number of nitrogens with zero attached hydrogens (tertiary/aromatic N) is 2. The molecule has 2 aliphatic rings. The number of aromatic nitrogens is 1. The lowest BCUT2D eigenvalue weighted by Gasteiger charge is -2.47. The van der Waals surface area contributed by atoms with Crippen molar-refractivity contribution in [1.82, 2.24) is 10.1 Å². The third-order valence-electron chi connectivity index (χ3n) is 5.43. The Labute approximate surface area is 141 Å². The number of amides is 1. The van der Waals surface area contributed by atoms with Crippen LogP contribution >= 0.6 is 11.8 Å². The first-order chi connectivity index (χ1) is 11.0. The second-order valence-corrected chi connectivity index (χ2v) is 7.92. The van der Waals surface area contributed by atoms with Crippen LogP contribution in [-0.2, 0) is 10.5 Å². The van der Waals surface area contributed by atoms with Crippen LogP contribution in [0.2, 0.25) is 0 Å².